The normalized spacial score (nSPS) is 38.5. The standard InChI is InChI=1S/C16H25NO3/c1-15(2)11-6-7-16(15,3)12(9-11)20-14(19)10-17-8-4-5-13(17)18/h11-12H,4-10H2,1-3H3. The lowest BCUT2D eigenvalue weighted by atomic mass is 9.70. The third-order valence-corrected chi connectivity index (χ3v) is 6.48. The molecule has 2 saturated carbocycles. The maximum absolute atomic E-state index is 12.1. The highest BCUT2D eigenvalue weighted by molar-refractivity contribution is 5.83. The van der Waals surface area contributed by atoms with Crippen molar-refractivity contribution < 1.29 is 14.3 Å². The zero-order chi connectivity index (χ0) is 14.5. The van der Waals surface area contributed by atoms with Gasteiger partial charge in [0, 0.05) is 18.4 Å². The van der Waals surface area contributed by atoms with Crippen LogP contribution in [-0.2, 0) is 14.3 Å². The predicted octanol–water partition coefficient (Wildman–Crippen LogP) is 2.37. The number of carbonyl (C=O) groups excluding carboxylic acids is 2. The number of amides is 1. The average Bonchev–Trinajstić information content (AvgIpc) is 2.91. The van der Waals surface area contributed by atoms with E-state index in [0.29, 0.717) is 18.9 Å². The second kappa shape index (κ2) is 4.47. The van der Waals surface area contributed by atoms with Gasteiger partial charge in [0.2, 0.25) is 5.91 Å². The Hall–Kier alpha value is -1.06. The minimum absolute atomic E-state index is 0.0291. The van der Waals surface area contributed by atoms with Gasteiger partial charge in [0.25, 0.3) is 0 Å². The molecule has 0 radical (unpaired) electrons. The first-order valence-corrected chi connectivity index (χ1v) is 7.82. The molecule has 3 unspecified atom stereocenters. The third-order valence-electron chi connectivity index (χ3n) is 6.48. The van der Waals surface area contributed by atoms with Crippen molar-refractivity contribution in [2.75, 3.05) is 13.1 Å². The topological polar surface area (TPSA) is 46.6 Å². The van der Waals surface area contributed by atoms with Crippen LogP contribution in [0.15, 0.2) is 0 Å². The molecule has 0 spiro atoms. The number of rotatable bonds is 3. The van der Waals surface area contributed by atoms with E-state index in [-0.39, 0.29) is 35.4 Å². The lowest BCUT2D eigenvalue weighted by Crippen LogP contribution is -2.40. The molecule has 4 nitrogen and oxygen atoms in total. The molecule has 1 saturated heterocycles. The fourth-order valence-electron chi connectivity index (χ4n) is 4.53. The molecule has 3 aliphatic rings. The van der Waals surface area contributed by atoms with Gasteiger partial charge in [0.15, 0.2) is 0 Å². The molecule has 112 valence electrons. The minimum Gasteiger partial charge on any atom is -0.460 e. The summed E-state index contributed by atoms with van der Waals surface area (Å²) in [6.45, 7) is 7.71. The molecule has 20 heavy (non-hydrogen) atoms. The molecule has 3 atom stereocenters. The highest BCUT2D eigenvalue weighted by atomic mass is 16.5. The summed E-state index contributed by atoms with van der Waals surface area (Å²) in [4.78, 5) is 25.3. The number of carbonyl (C=O) groups is 2. The van der Waals surface area contributed by atoms with Crippen LogP contribution in [0.25, 0.3) is 0 Å². The van der Waals surface area contributed by atoms with E-state index >= 15 is 0 Å². The highest BCUT2D eigenvalue weighted by Crippen LogP contribution is 2.66. The van der Waals surface area contributed by atoms with Crippen LogP contribution in [0.1, 0.15) is 52.9 Å². The van der Waals surface area contributed by atoms with E-state index in [9.17, 15) is 9.59 Å². The zero-order valence-electron chi connectivity index (χ0n) is 12.8. The molecule has 1 amide bonds. The highest BCUT2D eigenvalue weighted by Gasteiger charge is 2.62. The molecule has 0 N–H and O–H groups in total. The van der Waals surface area contributed by atoms with Crippen molar-refractivity contribution in [3.05, 3.63) is 0 Å². The van der Waals surface area contributed by atoms with Gasteiger partial charge in [-0.3, -0.25) is 9.59 Å². The Morgan fingerprint density at radius 1 is 1.40 bits per heavy atom. The smallest absolute Gasteiger partial charge is 0.325 e. The van der Waals surface area contributed by atoms with Crippen molar-refractivity contribution in [3.63, 3.8) is 0 Å². The first kappa shape index (κ1) is 13.9. The number of hydrogen-bond donors (Lipinski definition) is 0. The third kappa shape index (κ3) is 1.87. The van der Waals surface area contributed by atoms with Crippen molar-refractivity contribution in [2.45, 2.75) is 59.0 Å². The van der Waals surface area contributed by atoms with Gasteiger partial charge in [-0.05, 0) is 37.0 Å². The van der Waals surface area contributed by atoms with Crippen molar-refractivity contribution in [2.24, 2.45) is 16.7 Å². The first-order chi connectivity index (χ1) is 9.34. The van der Waals surface area contributed by atoms with Gasteiger partial charge in [0.05, 0.1) is 0 Å². The molecule has 1 aliphatic heterocycles. The summed E-state index contributed by atoms with van der Waals surface area (Å²) in [5.74, 6) is 0.523. The fourth-order valence-corrected chi connectivity index (χ4v) is 4.53. The van der Waals surface area contributed by atoms with Crippen molar-refractivity contribution in [3.8, 4) is 0 Å². The molecule has 3 fully saturated rings. The van der Waals surface area contributed by atoms with E-state index in [1.54, 1.807) is 4.90 Å². The van der Waals surface area contributed by atoms with Crippen LogP contribution in [0, 0.1) is 16.7 Å². The molecule has 0 aromatic carbocycles. The van der Waals surface area contributed by atoms with Crippen molar-refractivity contribution >= 4 is 11.9 Å². The SMILES string of the molecule is CC1(C)C2CCC1(C)C(OC(=O)CN1CCCC1=O)C2. The van der Waals surface area contributed by atoms with Crippen molar-refractivity contribution in [1.29, 1.82) is 0 Å². The quantitative estimate of drug-likeness (QED) is 0.745. The second-order valence-corrected chi connectivity index (χ2v) is 7.51. The summed E-state index contributed by atoms with van der Waals surface area (Å²) in [6, 6.07) is 0. The number of likely N-dealkylation sites (tertiary alicyclic amines) is 1. The number of hydrogen-bond acceptors (Lipinski definition) is 3. The van der Waals surface area contributed by atoms with E-state index < -0.39 is 0 Å². The summed E-state index contributed by atoms with van der Waals surface area (Å²) < 4.78 is 5.76. The molecular formula is C16H25NO3. The second-order valence-electron chi connectivity index (χ2n) is 7.51. The molecule has 0 aromatic heterocycles. The lowest BCUT2D eigenvalue weighted by molar-refractivity contribution is -0.159. The number of ether oxygens (including phenoxy) is 1. The Bertz CT molecular complexity index is 445. The molecule has 3 rings (SSSR count). The van der Waals surface area contributed by atoms with Gasteiger partial charge < -0.3 is 9.64 Å². The fraction of sp³-hybridized carbons (Fsp3) is 0.875. The summed E-state index contributed by atoms with van der Waals surface area (Å²) >= 11 is 0. The Morgan fingerprint density at radius 3 is 2.65 bits per heavy atom. The monoisotopic (exact) mass is 279 g/mol. The Balaban J connectivity index is 1.62. The van der Waals surface area contributed by atoms with E-state index in [1.807, 2.05) is 0 Å². The van der Waals surface area contributed by atoms with Crippen LogP contribution in [0.3, 0.4) is 0 Å². The molecule has 1 heterocycles. The summed E-state index contributed by atoms with van der Waals surface area (Å²) in [7, 11) is 0. The zero-order valence-corrected chi connectivity index (χ0v) is 12.8. The minimum atomic E-state index is -0.227. The van der Waals surface area contributed by atoms with E-state index in [1.165, 1.54) is 6.42 Å². The maximum atomic E-state index is 12.1. The summed E-state index contributed by atoms with van der Waals surface area (Å²) in [6.07, 6.45) is 4.85. The van der Waals surface area contributed by atoms with E-state index in [0.717, 1.165) is 19.3 Å². The molecule has 4 heteroatoms. The first-order valence-electron chi connectivity index (χ1n) is 7.82. The van der Waals surface area contributed by atoms with Crippen LogP contribution in [0.5, 0.6) is 0 Å². The van der Waals surface area contributed by atoms with Crippen LogP contribution < -0.4 is 0 Å². The lowest BCUT2D eigenvalue weighted by Gasteiger charge is -2.38. The Labute approximate surface area is 120 Å². The van der Waals surface area contributed by atoms with Gasteiger partial charge in [-0.25, -0.2) is 0 Å². The van der Waals surface area contributed by atoms with Gasteiger partial charge in [-0.1, -0.05) is 20.8 Å². The number of nitrogens with zero attached hydrogens (tertiary/aromatic N) is 1. The van der Waals surface area contributed by atoms with Gasteiger partial charge >= 0.3 is 5.97 Å². The van der Waals surface area contributed by atoms with Crippen LogP contribution in [0.2, 0.25) is 0 Å². The molecule has 0 aromatic rings. The molecule has 2 aliphatic carbocycles. The van der Waals surface area contributed by atoms with Crippen molar-refractivity contribution in [1.82, 2.24) is 4.90 Å². The van der Waals surface area contributed by atoms with Crippen LogP contribution in [0.4, 0.5) is 0 Å². The van der Waals surface area contributed by atoms with Crippen LogP contribution in [-0.4, -0.2) is 36.0 Å². The molecular weight excluding hydrogens is 254 g/mol. The Morgan fingerprint density at radius 2 is 2.15 bits per heavy atom. The van der Waals surface area contributed by atoms with Gasteiger partial charge in [-0.2, -0.15) is 0 Å². The summed E-state index contributed by atoms with van der Waals surface area (Å²) in [5.41, 5.74) is 0.351. The number of esters is 1. The van der Waals surface area contributed by atoms with E-state index in [2.05, 4.69) is 20.8 Å². The van der Waals surface area contributed by atoms with E-state index in [4.69, 9.17) is 4.74 Å². The van der Waals surface area contributed by atoms with Crippen LogP contribution >= 0.6 is 0 Å². The maximum Gasteiger partial charge on any atom is 0.325 e. The number of fused-ring (bicyclic) bond motifs is 2. The largest absolute Gasteiger partial charge is 0.460 e. The Kier molecular flexibility index (Phi) is 3.11. The summed E-state index contributed by atoms with van der Waals surface area (Å²) in [5, 5.41) is 0. The average molecular weight is 279 g/mol. The van der Waals surface area contributed by atoms with Gasteiger partial charge in [0.1, 0.15) is 12.6 Å². The molecule has 2 bridgehead atoms. The van der Waals surface area contributed by atoms with Gasteiger partial charge in [-0.15, -0.1) is 0 Å². The predicted molar refractivity (Wildman–Crippen MR) is 74.9 cm³/mol.